The van der Waals surface area contributed by atoms with Crippen LogP contribution in [0.3, 0.4) is 0 Å². The molecule has 1 heterocycles. The lowest BCUT2D eigenvalue weighted by molar-refractivity contribution is 0.496. The second kappa shape index (κ2) is 6.13. The molecule has 0 aliphatic carbocycles. The molecule has 3 nitrogen and oxygen atoms in total. The summed E-state index contributed by atoms with van der Waals surface area (Å²) in [5.74, 6) is -1.10. The molecular formula is C15H19F2N3. The highest BCUT2D eigenvalue weighted by Crippen LogP contribution is 2.27. The van der Waals surface area contributed by atoms with Crippen LogP contribution in [0.4, 0.5) is 8.78 Å². The molecule has 2 aromatic rings. The van der Waals surface area contributed by atoms with E-state index in [1.807, 2.05) is 19.9 Å². The Labute approximate surface area is 117 Å². The molecule has 0 aliphatic heterocycles. The lowest BCUT2D eigenvalue weighted by atomic mass is 10.0. The zero-order valence-electron chi connectivity index (χ0n) is 12.0. The third kappa shape index (κ3) is 2.58. The first-order valence-corrected chi connectivity index (χ1v) is 6.80. The van der Waals surface area contributed by atoms with Crippen LogP contribution in [0.2, 0.25) is 0 Å². The minimum atomic E-state index is -0.552. The van der Waals surface area contributed by atoms with Crippen molar-refractivity contribution < 1.29 is 8.78 Å². The molecule has 0 aliphatic rings. The van der Waals surface area contributed by atoms with Crippen molar-refractivity contribution >= 4 is 0 Å². The van der Waals surface area contributed by atoms with Gasteiger partial charge in [0.25, 0.3) is 0 Å². The van der Waals surface area contributed by atoms with E-state index in [1.165, 1.54) is 18.2 Å². The quantitative estimate of drug-likeness (QED) is 0.911. The minimum Gasteiger partial charge on any atom is -0.308 e. The van der Waals surface area contributed by atoms with Crippen LogP contribution in [0.1, 0.15) is 36.8 Å². The predicted molar refractivity (Wildman–Crippen MR) is 74.5 cm³/mol. The van der Waals surface area contributed by atoms with Crippen LogP contribution >= 0.6 is 0 Å². The summed E-state index contributed by atoms with van der Waals surface area (Å²) in [4.78, 5) is 0. The van der Waals surface area contributed by atoms with Gasteiger partial charge in [-0.2, -0.15) is 5.10 Å². The lowest BCUT2D eigenvalue weighted by Gasteiger charge is -2.19. The maximum Gasteiger partial charge on any atom is 0.131 e. The van der Waals surface area contributed by atoms with Crippen LogP contribution in [0.25, 0.3) is 0 Å². The highest BCUT2D eigenvalue weighted by molar-refractivity contribution is 5.31. The topological polar surface area (TPSA) is 29.9 Å². The van der Waals surface area contributed by atoms with Crippen LogP contribution in [-0.4, -0.2) is 16.8 Å². The van der Waals surface area contributed by atoms with E-state index >= 15 is 0 Å². The standard InChI is InChI=1S/C15H19F2N3/c1-4-10-9-13(20(5-2)19-10)15(18-3)14-11(16)7-6-8-12(14)17/h6-9,15,18H,4-5H2,1-3H3. The second-order valence-electron chi connectivity index (χ2n) is 4.59. The number of halogens is 2. The molecule has 2 rings (SSSR count). The third-order valence-corrected chi connectivity index (χ3v) is 3.40. The van der Waals surface area contributed by atoms with E-state index in [-0.39, 0.29) is 5.56 Å². The molecule has 0 fully saturated rings. The normalized spacial score (nSPS) is 12.7. The highest BCUT2D eigenvalue weighted by Gasteiger charge is 2.24. The summed E-state index contributed by atoms with van der Waals surface area (Å²) in [6, 6.07) is 5.27. The van der Waals surface area contributed by atoms with Gasteiger partial charge in [-0.15, -0.1) is 0 Å². The summed E-state index contributed by atoms with van der Waals surface area (Å²) in [6.07, 6.45) is 0.788. The van der Waals surface area contributed by atoms with Gasteiger partial charge in [-0.05, 0) is 38.6 Å². The largest absolute Gasteiger partial charge is 0.308 e. The molecular weight excluding hydrogens is 260 g/mol. The van der Waals surface area contributed by atoms with Crippen LogP contribution < -0.4 is 5.32 Å². The first-order valence-electron chi connectivity index (χ1n) is 6.80. The van der Waals surface area contributed by atoms with Crippen molar-refractivity contribution in [2.75, 3.05) is 7.05 Å². The van der Waals surface area contributed by atoms with Crippen molar-refractivity contribution in [1.82, 2.24) is 15.1 Å². The van der Waals surface area contributed by atoms with Crippen molar-refractivity contribution in [1.29, 1.82) is 0 Å². The Kier molecular flexibility index (Phi) is 4.49. The van der Waals surface area contributed by atoms with Gasteiger partial charge >= 0.3 is 0 Å². The molecule has 1 aromatic heterocycles. The summed E-state index contributed by atoms with van der Waals surface area (Å²) in [6.45, 7) is 4.62. The zero-order valence-corrected chi connectivity index (χ0v) is 12.0. The van der Waals surface area contributed by atoms with Gasteiger partial charge in [-0.1, -0.05) is 13.0 Å². The maximum absolute atomic E-state index is 14.0. The van der Waals surface area contributed by atoms with E-state index < -0.39 is 17.7 Å². The van der Waals surface area contributed by atoms with Crippen molar-refractivity contribution in [2.24, 2.45) is 0 Å². The SMILES string of the molecule is CCc1cc(C(NC)c2c(F)cccc2F)n(CC)n1. The van der Waals surface area contributed by atoms with E-state index in [9.17, 15) is 8.78 Å². The number of rotatable bonds is 5. The molecule has 5 heteroatoms. The number of hydrogen-bond acceptors (Lipinski definition) is 2. The second-order valence-corrected chi connectivity index (χ2v) is 4.59. The van der Waals surface area contributed by atoms with Gasteiger partial charge in [0.05, 0.1) is 17.4 Å². The highest BCUT2D eigenvalue weighted by atomic mass is 19.1. The van der Waals surface area contributed by atoms with Crippen molar-refractivity contribution in [3.05, 3.63) is 52.9 Å². The first-order chi connectivity index (χ1) is 9.62. The molecule has 1 atom stereocenters. The molecule has 0 saturated heterocycles. The number of nitrogens with one attached hydrogen (secondary N) is 1. The number of hydrogen-bond donors (Lipinski definition) is 1. The maximum atomic E-state index is 14.0. The fourth-order valence-electron chi connectivity index (χ4n) is 2.37. The molecule has 1 unspecified atom stereocenters. The van der Waals surface area contributed by atoms with Crippen LogP contribution in [0, 0.1) is 11.6 Å². The van der Waals surface area contributed by atoms with E-state index in [1.54, 1.807) is 11.7 Å². The Morgan fingerprint density at radius 3 is 2.40 bits per heavy atom. The molecule has 108 valence electrons. The molecule has 0 saturated carbocycles. The summed E-state index contributed by atoms with van der Waals surface area (Å²) < 4.78 is 29.8. The van der Waals surface area contributed by atoms with E-state index in [2.05, 4.69) is 10.4 Å². The van der Waals surface area contributed by atoms with Gasteiger partial charge in [-0.25, -0.2) is 8.78 Å². The number of aryl methyl sites for hydroxylation is 2. The Bertz CT molecular complexity index is 573. The Balaban J connectivity index is 2.55. The average molecular weight is 279 g/mol. The predicted octanol–water partition coefficient (Wildman–Crippen LogP) is 3.05. The molecule has 0 spiro atoms. The van der Waals surface area contributed by atoms with Crippen LogP contribution in [-0.2, 0) is 13.0 Å². The van der Waals surface area contributed by atoms with Crippen LogP contribution in [0.15, 0.2) is 24.3 Å². The van der Waals surface area contributed by atoms with Gasteiger partial charge in [0.15, 0.2) is 0 Å². The number of benzene rings is 1. The smallest absolute Gasteiger partial charge is 0.131 e. The molecule has 20 heavy (non-hydrogen) atoms. The Hall–Kier alpha value is -1.75. The van der Waals surface area contributed by atoms with Crippen LogP contribution in [0.5, 0.6) is 0 Å². The van der Waals surface area contributed by atoms with Gasteiger partial charge in [0.1, 0.15) is 11.6 Å². The minimum absolute atomic E-state index is 0.0345. The molecule has 0 radical (unpaired) electrons. The fraction of sp³-hybridized carbons (Fsp3) is 0.400. The molecule has 1 aromatic carbocycles. The van der Waals surface area contributed by atoms with Crippen molar-refractivity contribution in [3.63, 3.8) is 0 Å². The summed E-state index contributed by atoms with van der Waals surface area (Å²) in [7, 11) is 1.69. The molecule has 0 bridgehead atoms. The summed E-state index contributed by atoms with van der Waals surface area (Å²) in [5.41, 5.74) is 1.72. The Morgan fingerprint density at radius 1 is 1.25 bits per heavy atom. The summed E-state index contributed by atoms with van der Waals surface area (Å²) in [5, 5.41) is 7.42. The Morgan fingerprint density at radius 2 is 1.90 bits per heavy atom. The monoisotopic (exact) mass is 279 g/mol. The van der Waals surface area contributed by atoms with E-state index in [0.29, 0.717) is 6.54 Å². The molecule has 0 amide bonds. The third-order valence-electron chi connectivity index (χ3n) is 3.40. The van der Waals surface area contributed by atoms with Crippen molar-refractivity contribution in [3.8, 4) is 0 Å². The van der Waals surface area contributed by atoms with Gasteiger partial charge < -0.3 is 5.32 Å². The number of nitrogens with zero attached hydrogens (tertiary/aromatic N) is 2. The average Bonchev–Trinajstić information content (AvgIpc) is 2.86. The summed E-state index contributed by atoms with van der Waals surface area (Å²) >= 11 is 0. The first kappa shape index (κ1) is 14.7. The zero-order chi connectivity index (χ0) is 14.7. The van der Waals surface area contributed by atoms with Gasteiger partial charge in [-0.3, -0.25) is 4.68 Å². The molecule has 1 N–H and O–H groups in total. The van der Waals surface area contributed by atoms with Crippen molar-refractivity contribution in [2.45, 2.75) is 32.9 Å². The van der Waals surface area contributed by atoms with Gasteiger partial charge in [0, 0.05) is 12.1 Å². The lowest BCUT2D eigenvalue weighted by Crippen LogP contribution is -2.23. The fourth-order valence-corrected chi connectivity index (χ4v) is 2.37. The van der Waals surface area contributed by atoms with Gasteiger partial charge in [0.2, 0.25) is 0 Å². The number of aromatic nitrogens is 2. The van der Waals surface area contributed by atoms with E-state index in [0.717, 1.165) is 17.8 Å². The van der Waals surface area contributed by atoms with E-state index in [4.69, 9.17) is 0 Å².